The third kappa shape index (κ3) is 1.46. The summed E-state index contributed by atoms with van der Waals surface area (Å²) >= 11 is 0. The number of hydrogen-bond donors (Lipinski definition) is 0. The molecule has 0 spiro atoms. The fourth-order valence-electron chi connectivity index (χ4n) is 2.05. The Morgan fingerprint density at radius 2 is 1.67 bits per heavy atom. The minimum Gasteiger partial charge on any atom is -0.275 e. The Labute approximate surface area is 73.3 Å². The van der Waals surface area contributed by atoms with E-state index >= 15 is 0 Å². The largest absolute Gasteiger partial charge is 0.275 e. The van der Waals surface area contributed by atoms with E-state index in [-0.39, 0.29) is 0 Å². The molecule has 0 saturated carbocycles. The van der Waals surface area contributed by atoms with E-state index < -0.39 is 0 Å². The van der Waals surface area contributed by atoms with Crippen LogP contribution in [0.1, 0.15) is 32.1 Å². The molecule has 0 aromatic rings. The molecule has 0 aromatic heterocycles. The number of hydrazine groups is 1. The molecule has 0 N–H and O–H groups in total. The minimum atomic E-state index is 0.330. The van der Waals surface area contributed by atoms with Gasteiger partial charge in [-0.15, -0.1) is 0 Å². The molecule has 2 fully saturated rings. The van der Waals surface area contributed by atoms with Crippen molar-refractivity contribution in [3.63, 3.8) is 0 Å². The first-order valence-corrected chi connectivity index (χ1v) is 4.93. The highest BCUT2D eigenvalue weighted by molar-refractivity contribution is 5.77. The van der Waals surface area contributed by atoms with Gasteiger partial charge in [0.25, 0.3) is 0 Å². The molecule has 12 heavy (non-hydrogen) atoms. The van der Waals surface area contributed by atoms with Gasteiger partial charge in [-0.3, -0.25) is 9.80 Å². The average Bonchev–Trinajstić information content (AvgIpc) is 2.53. The highest BCUT2D eigenvalue weighted by Crippen LogP contribution is 2.17. The lowest BCUT2D eigenvalue weighted by Crippen LogP contribution is -2.46. The van der Waals surface area contributed by atoms with Gasteiger partial charge in [-0.25, -0.2) is 5.01 Å². The maximum atomic E-state index is 11.4. The zero-order valence-electron chi connectivity index (χ0n) is 7.46. The SMILES string of the molecule is O=C1CCCN1N1CCCCC1. The van der Waals surface area contributed by atoms with Gasteiger partial charge in [0.1, 0.15) is 0 Å². The van der Waals surface area contributed by atoms with Gasteiger partial charge in [0, 0.05) is 26.1 Å². The summed E-state index contributed by atoms with van der Waals surface area (Å²) in [7, 11) is 0. The molecular weight excluding hydrogens is 152 g/mol. The predicted molar refractivity (Wildman–Crippen MR) is 46.4 cm³/mol. The van der Waals surface area contributed by atoms with Crippen LogP contribution in [0.3, 0.4) is 0 Å². The van der Waals surface area contributed by atoms with Gasteiger partial charge in [-0.1, -0.05) is 6.42 Å². The maximum Gasteiger partial charge on any atom is 0.236 e. The van der Waals surface area contributed by atoms with Crippen LogP contribution in [0.25, 0.3) is 0 Å². The third-order valence-corrected chi connectivity index (χ3v) is 2.72. The van der Waals surface area contributed by atoms with E-state index in [1.165, 1.54) is 19.3 Å². The molecular formula is C9H16N2O. The van der Waals surface area contributed by atoms with E-state index in [9.17, 15) is 4.79 Å². The molecule has 2 saturated heterocycles. The summed E-state index contributed by atoms with van der Waals surface area (Å²) in [6.45, 7) is 3.14. The number of rotatable bonds is 1. The van der Waals surface area contributed by atoms with Crippen LogP contribution >= 0.6 is 0 Å². The van der Waals surface area contributed by atoms with Gasteiger partial charge in [0.05, 0.1) is 0 Å². The number of piperidine rings is 1. The first kappa shape index (κ1) is 8.05. The van der Waals surface area contributed by atoms with Crippen LogP contribution < -0.4 is 0 Å². The van der Waals surface area contributed by atoms with Crippen molar-refractivity contribution in [2.75, 3.05) is 19.6 Å². The molecule has 2 rings (SSSR count). The van der Waals surface area contributed by atoms with Gasteiger partial charge in [0.15, 0.2) is 0 Å². The lowest BCUT2D eigenvalue weighted by Gasteiger charge is -2.34. The average molecular weight is 168 g/mol. The van der Waals surface area contributed by atoms with E-state index in [1.54, 1.807) is 0 Å². The number of carbonyl (C=O) groups excluding carboxylic acids is 1. The zero-order chi connectivity index (χ0) is 8.39. The molecule has 3 heteroatoms. The summed E-state index contributed by atoms with van der Waals surface area (Å²) in [6, 6.07) is 0. The lowest BCUT2D eigenvalue weighted by atomic mass is 10.2. The molecule has 0 aromatic carbocycles. The van der Waals surface area contributed by atoms with Crippen molar-refractivity contribution >= 4 is 5.91 Å². The summed E-state index contributed by atoms with van der Waals surface area (Å²) in [6.07, 6.45) is 5.65. The second-order valence-corrected chi connectivity index (χ2v) is 3.63. The smallest absolute Gasteiger partial charge is 0.236 e. The highest BCUT2D eigenvalue weighted by Gasteiger charge is 2.26. The molecule has 0 atom stereocenters. The van der Waals surface area contributed by atoms with Crippen LogP contribution in [0.2, 0.25) is 0 Å². The van der Waals surface area contributed by atoms with E-state index in [1.807, 2.05) is 5.01 Å². The Morgan fingerprint density at radius 1 is 0.917 bits per heavy atom. The fraction of sp³-hybridized carbons (Fsp3) is 0.889. The molecule has 0 aliphatic carbocycles. The molecule has 1 amide bonds. The van der Waals surface area contributed by atoms with Crippen molar-refractivity contribution in [2.45, 2.75) is 32.1 Å². The Bertz CT molecular complexity index is 175. The molecule has 0 bridgehead atoms. The van der Waals surface area contributed by atoms with Crippen LogP contribution in [0, 0.1) is 0 Å². The van der Waals surface area contributed by atoms with Crippen molar-refractivity contribution in [3.8, 4) is 0 Å². The summed E-state index contributed by atoms with van der Waals surface area (Å²) in [5.74, 6) is 0.330. The van der Waals surface area contributed by atoms with Crippen LogP contribution in [0.4, 0.5) is 0 Å². The molecule has 3 nitrogen and oxygen atoms in total. The fourth-order valence-corrected chi connectivity index (χ4v) is 2.05. The Hall–Kier alpha value is -0.570. The quantitative estimate of drug-likeness (QED) is 0.583. The standard InChI is InChI=1S/C9H16N2O/c12-9-5-4-8-11(9)10-6-2-1-3-7-10/h1-8H2. The van der Waals surface area contributed by atoms with Gasteiger partial charge >= 0.3 is 0 Å². The molecule has 0 radical (unpaired) electrons. The minimum absolute atomic E-state index is 0.330. The van der Waals surface area contributed by atoms with Crippen LogP contribution in [-0.4, -0.2) is 35.6 Å². The second kappa shape index (κ2) is 3.44. The molecule has 0 unspecified atom stereocenters. The van der Waals surface area contributed by atoms with Crippen molar-refractivity contribution in [1.29, 1.82) is 0 Å². The van der Waals surface area contributed by atoms with Crippen molar-refractivity contribution < 1.29 is 4.79 Å². The second-order valence-electron chi connectivity index (χ2n) is 3.63. The van der Waals surface area contributed by atoms with Gasteiger partial charge < -0.3 is 0 Å². The monoisotopic (exact) mass is 168 g/mol. The Balaban J connectivity index is 1.93. The van der Waals surface area contributed by atoms with Crippen LogP contribution in [0.5, 0.6) is 0 Å². The molecule has 2 aliphatic heterocycles. The van der Waals surface area contributed by atoms with E-state index in [2.05, 4.69) is 5.01 Å². The number of hydrogen-bond acceptors (Lipinski definition) is 2. The first-order chi connectivity index (χ1) is 5.88. The third-order valence-electron chi connectivity index (χ3n) is 2.72. The Morgan fingerprint density at radius 3 is 2.25 bits per heavy atom. The number of amides is 1. The summed E-state index contributed by atoms with van der Waals surface area (Å²) in [4.78, 5) is 11.4. The lowest BCUT2D eigenvalue weighted by molar-refractivity contribution is -0.144. The Kier molecular flexibility index (Phi) is 2.30. The van der Waals surface area contributed by atoms with Gasteiger partial charge in [-0.2, -0.15) is 0 Å². The summed E-state index contributed by atoms with van der Waals surface area (Å²) in [5, 5.41) is 4.19. The van der Waals surface area contributed by atoms with E-state index in [4.69, 9.17) is 0 Å². The predicted octanol–water partition coefficient (Wildman–Crippen LogP) is 1.01. The summed E-state index contributed by atoms with van der Waals surface area (Å²) < 4.78 is 0. The van der Waals surface area contributed by atoms with Crippen molar-refractivity contribution in [2.24, 2.45) is 0 Å². The van der Waals surface area contributed by atoms with Crippen molar-refractivity contribution in [3.05, 3.63) is 0 Å². The number of nitrogens with zero attached hydrogens (tertiary/aromatic N) is 2. The van der Waals surface area contributed by atoms with E-state index in [0.29, 0.717) is 5.91 Å². The van der Waals surface area contributed by atoms with Gasteiger partial charge in [0.2, 0.25) is 5.91 Å². The van der Waals surface area contributed by atoms with Crippen LogP contribution in [0.15, 0.2) is 0 Å². The topological polar surface area (TPSA) is 23.6 Å². The first-order valence-electron chi connectivity index (χ1n) is 4.93. The zero-order valence-corrected chi connectivity index (χ0v) is 7.46. The maximum absolute atomic E-state index is 11.4. The molecule has 68 valence electrons. The van der Waals surface area contributed by atoms with Crippen LogP contribution in [-0.2, 0) is 4.79 Å². The number of carbonyl (C=O) groups is 1. The molecule has 2 heterocycles. The van der Waals surface area contributed by atoms with Crippen molar-refractivity contribution in [1.82, 2.24) is 10.0 Å². The highest BCUT2D eigenvalue weighted by atomic mass is 16.2. The normalized spacial score (nSPS) is 26.7. The van der Waals surface area contributed by atoms with E-state index in [0.717, 1.165) is 32.5 Å². The van der Waals surface area contributed by atoms with Gasteiger partial charge in [-0.05, 0) is 19.3 Å². The summed E-state index contributed by atoms with van der Waals surface area (Å²) in [5.41, 5.74) is 0. The molecule has 2 aliphatic rings.